The van der Waals surface area contributed by atoms with Crippen molar-refractivity contribution < 1.29 is 4.79 Å². The van der Waals surface area contributed by atoms with Crippen LogP contribution in [0.3, 0.4) is 0 Å². The number of hydrogen-bond acceptors (Lipinski definition) is 6. The van der Waals surface area contributed by atoms with Crippen LogP contribution in [0.25, 0.3) is 11.1 Å². The number of hydrogen-bond donors (Lipinski definition) is 3. The minimum Gasteiger partial charge on any atom is -0.404 e. The molecule has 0 unspecified atom stereocenters. The number of benzene rings is 2. The van der Waals surface area contributed by atoms with Crippen molar-refractivity contribution in [1.29, 1.82) is 5.26 Å². The third kappa shape index (κ3) is 5.05. The van der Waals surface area contributed by atoms with Crippen LogP contribution < -0.4 is 16.6 Å². The minimum atomic E-state index is -0.610. The second kappa shape index (κ2) is 9.61. The fourth-order valence-corrected chi connectivity index (χ4v) is 2.57. The van der Waals surface area contributed by atoms with Gasteiger partial charge in [-0.15, -0.1) is 0 Å². The van der Waals surface area contributed by atoms with Gasteiger partial charge in [0.2, 0.25) is 5.95 Å². The van der Waals surface area contributed by atoms with Gasteiger partial charge in [-0.05, 0) is 16.7 Å². The van der Waals surface area contributed by atoms with Crippen molar-refractivity contribution in [1.82, 2.24) is 15.3 Å². The van der Waals surface area contributed by atoms with E-state index in [1.807, 2.05) is 54.6 Å². The van der Waals surface area contributed by atoms with E-state index in [-0.39, 0.29) is 17.1 Å². The number of carbonyl (C=O) groups excluding carboxylic acids is 1. The lowest BCUT2D eigenvalue weighted by Crippen LogP contribution is -2.25. The number of nitrogens with zero attached hydrogens (tertiary/aromatic N) is 3. The lowest BCUT2D eigenvalue weighted by atomic mass is 10.0. The number of carbonyl (C=O) groups is 1. The van der Waals surface area contributed by atoms with E-state index in [1.54, 1.807) is 6.07 Å². The molecular weight excluding hydrogens is 380 g/mol. The van der Waals surface area contributed by atoms with E-state index >= 15 is 0 Å². The van der Waals surface area contributed by atoms with Gasteiger partial charge in [0.15, 0.2) is 0 Å². The fourth-order valence-electron chi connectivity index (χ4n) is 2.57. The third-order valence-electron chi connectivity index (χ3n) is 4.19. The summed E-state index contributed by atoms with van der Waals surface area (Å²) < 4.78 is 0. The summed E-state index contributed by atoms with van der Waals surface area (Å²) in [6.45, 7) is 0.311. The number of amides is 1. The second-order valence-corrected chi connectivity index (χ2v) is 6.19. The number of H-pyrrole nitrogens is 1. The molecule has 30 heavy (non-hydrogen) atoms. The Morgan fingerprint density at radius 2 is 1.87 bits per heavy atom. The standard InChI is InChI=1S/C22H18N6O2/c23-10-18(13-26-22-27-14-19(11-24)21(30)28-22)20(29)25-12-15-6-8-17(9-7-15)16-4-2-1-3-5-16/h1-10,13-14H,12,23H2,(H,25,29)(H,27,28,30)/b18-10+,26-13+. The minimum absolute atomic E-state index is 0.0392. The van der Waals surface area contributed by atoms with Crippen LogP contribution in [0.2, 0.25) is 0 Å². The lowest BCUT2D eigenvalue weighted by Gasteiger charge is -2.07. The highest BCUT2D eigenvalue weighted by Gasteiger charge is 2.07. The van der Waals surface area contributed by atoms with Crippen LogP contribution in [-0.4, -0.2) is 22.1 Å². The molecule has 2 aromatic carbocycles. The largest absolute Gasteiger partial charge is 0.404 e. The summed E-state index contributed by atoms with van der Waals surface area (Å²) in [6, 6.07) is 19.6. The molecule has 1 amide bonds. The molecule has 0 saturated heterocycles. The zero-order valence-electron chi connectivity index (χ0n) is 15.9. The molecular formula is C22H18N6O2. The first-order valence-corrected chi connectivity index (χ1v) is 8.98. The monoisotopic (exact) mass is 398 g/mol. The van der Waals surface area contributed by atoms with E-state index in [0.29, 0.717) is 6.54 Å². The molecule has 0 aliphatic rings. The highest BCUT2D eigenvalue weighted by atomic mass is 16.1. The van der Waals surface area contributed by atoms with E-state index in [4.69, 9.17) is 11.0 Å². The van der Waals surface area contributed by atoms with Gasteiger partial charge in [0.05, 0.1) is 11.8 Å². The Kier molecular flexibility index (Phi) is 6.48. The molecule has 0 radical (unpaired) electrons. The zero-order chi connectivity index (χ0) is 21.3. The SMILES string of the molecule is N#Cc1cnc(/N=C/C(=C\N)C(=O)NCc2ccc(-c3ccccc3)cc2)[nH]c1=O. The Balaban J connectivity index is 1.61. The molecule has 3 rings (SSSR count). The highest BCUT2D eigenvalue weighted by molar-refractivity contribution is 6.12. The number of nitriles is 1. The predicted molar refractivity (Wildman–Crippen MR) is 114 cm³/mol. The molecule has 0 aliphatic carbocycles. The molecule has 0 spiro atoms. The summed E-state index contributed by atoms with van der Waals surface area (Å²) in [7, 11) is 0. The van der Waals surface area contributed by atoms with Gasteiger partial charge in [0.1, 0.15) is 11.6 Å². The van der Waals surface area contributed by atoms with Crippen molar-refractivity contribution in [3.63, 3.8) is 0 Å². The Hall–Kier alpha value is -4.51. The molecule has 8 nitrogen and oxygen atoms in total. The molecule has 0 bridgehead atoms. The summed E-state index contributed by atoms with van der Waals surface area (Å²) in [4.78, 5) is 34.0. The fraction of sp³-hybridized carbons (Fsp3) is 0.0455. The van der Waals surface area contributed by atoms with E-state index in [9.17, 15) is 9.59 Å². The highest BCUT2D eigenvalue weighted by Crippen LogP contribution is 2.19. The van der Waals surface area contributed by atoms with Gasteiger partial charge in [-0.1, -0.05) is 54.6 Å². The molecule has 1 aromatic heterocycles. The van der Waals surface area contributed by atoms with Gasteiger partial charge in [-0.3, -0.25) is 14.6 Å². The molecule has 4 N–H and O–H groups in total. The maximum atomic E-state index is 12.3. The summed E-state index contributed by atoms with van der Waals surface area (Å²) in [5.41, 5.74) is 8.01. The second-order valence-electron chi connectivity index (χ2n) is 6.19. The summed E-state index contributed by atoms with van der Waals surface area (Å²) in [5, 5.41) is 11.5. The number of aliphatic imine (C=N–C) groups is 1. The van der Waals surface area contributed by atoms with Crippen LogP contribution in [0.5, 0.6) is 0 Å². The quantitative estimate of drug-likeness (QED) is 0.432. The predicted octanol–water partition coefficient (Wildman–Crippen LogP) is 2.17. The summed E-state index contributed by atoms with van der Waals surface area (Å²) >= 11 is 0. The Morgan fingerprint density at radius 3 is 2.50 bits per heavy atom. The van der Waals surface area contributed by atoms with Crippen molar-refractivity contribution >= 4 is 18.1 Å². The molecule has 8 heteroatoms. The number of nitrogens with one attached hydrogen (secondary N) is 2. The van der Waals surface area contributed by atoms with Crippen LogP contribution in [0.1, 0.15) is 11.1 Å². The topological polar surface area (TPSA) is 137 Å². The molecule has 0 fully saturated rings. The molecule has 0 atom stereocenters. The molecule has 0 saturated carbocycles. The lowest BCUT2D eigenvalue weighted by molar-refractivity contribution is -0.117. The number of rotatable bonds is 6. The van der Waals surface area contributed by atoms with E-state index in [2.05, 4.69) is 20.3 Å². The van der Waals surface area contributed by atoms with Crippen molar-refractivity contribution in [3.05, 3.63) is 94.0 Å². The van der Waals surface area contributed by atoms with Gasteiger partial charge >= 0.3 is 0 Å². The van der Waals surface area contributed by atoms with Crippen molar-refractivity contribution in [2.24, 2.45) is 10.7 Å². The maximum Gasteiger partial charge on any atom is 0.270 e. The normalized spacial score (nSPS) is 11.2. The van der Waals surface area contributed by atoms with Crippen molar-refractivity contribution in [3.8, 4) is 17.2 Å². The van der Waals surface area contributed by atoms with Crippen LogP contribution >= 0.6 is 0 Å². The number of nitrogens with two attached hydrogens (primary N) is 1. The molecule has 148 valence electrons. The zero-order valence-corrected chi connectivity index (χ0v) is 15.9. The van der Waals surface area contributed by atoms with Gasteiger partial charge in [0, 0.05) is 19.0 Å². The molecule has 1 heterocycles. The Labute approximate surface area is 172 Å². The van der Waals surface area contributed by atoms with E-state index in [1.165, 1.54) is 6.21 Å². The smallest absolute Gasteiger partial charge is 0.270 e. The Bertz CT molecular complexity index is 1190. The molecule has 0 aliphatic heterocycles. The van der Waals surface area contributed by atoms with E-state index in [0.717, 1.165) is 29.1 Å². The maximum absolute atomic E-state index is 12.3. The van der Waals surface area contributed by atoms with E-state index < -0.39 is 11.5 Å². The number of aromatic nitrogens is 2. The summed E-state index contributed by atoms with van der Waals surface area (Å²) in [6.07, 6.45) is 3.41. The van der Waals surface area contributed by atoms with Crippen LogP contribution in [0.4, 0.5) is 5.95 Å². The van der Waals surface area contributed by atoms with Crippen LogP contribution in [-0.2, 0) is 11.3 Å². The first kappa shape index (κ1) is 20.2. The first-order valence-electron chi connectivity index (χ1n) is 8.98. The van der Waals surface area contributed by atoms with Crippen molar-refractivity contribution in [2.45, 2.75) is 6.54 Å². The van der Waals surface area contributed by atoms with Crippen molar-refractivity contribution in [2.75, 3.05) is 0 Å². The molecule has 3 aromatic rings. The third-order valence-corrected chi connectivity index (χ3v) is 4.19. The average molecular weight is 398 g/mol. The summed E-state index contributed by atoms with van der Waals surface area (Å²) in [5.74, 6) is -0.466. The average Bonchev–Trinajstić information content (AvgIpc) is 2.79. The number of aromatic amines is 1. The van der Waals surface area contributed by atoms with Crippen LogP contribution in [0.15, 0.2) is 82.4 Å². The Morgan fingerprint density at radius 1 is 1.17 bits per heavy atom. The first-order chi connectivity index (χ1) is 14.6. The van der Waals surface area contributed by atoms with Gasteiger partial charge in [-0.2, -0.15) is 5.26 Å². The van der Waals surface area contributed by atoms with Gasteiger partial charge < -0.3 is 11.1 Å². The van der Waals surface area contributed by atoms with Gasteiger partial charge in [0.25, 0.3) is 11.5 Å². The van der Waals surface area contributed by atoms with Gasteiger partial charge in [-0.25, -0.2) is 9.98 Å². The van der Waals surface area contributed by atoms with Crippen LogP contribution in [0, 0.1) is 11.3 Å².